The molecule has 2 rings (SSSR count). The fourth-order valence-electron chi connectivity index (χ4n) is 3.50. The molecule has 32 heavy (non-hydrogen) atoms. The molecule has 2 aromatic carbocycles. The number of benzene rings is 2. The molecule has 0 aromatic heterocycles. The van der Waals surface area contributed by atoms with Gasteiger partial charge in [-0.15, -0.1) is 0 Å². The van der Waals surface area contributed by atoms with E-state index in [1.807, 2.05) is 50.2 Å². The Morgan fingerprint density at radius 2 is 1.72 bits per heavy atom. The van der Waals surface area contributed by atoms with Gasteiger partial charge in [0.25, 0.3) is 0 Å². The number of sulfonamides is 1. The van der Waals surface area contributed by atoms with Crippen molar-refractivity contribution in [1.29, 1.82) is 0 Å². The minimum atomic E-state index is -3.66. The van der Waals surface area contributed by atoms with E-state index < -0.39 is 16.1 Å². The van der Waals surface area contributed by atoms with Gasteiger partial charge in [0.2, 0.25) is 15.9 Å². The van der Waals surface area contributed by atoms with Crippen LogP contribution < -0.4 is 14.4 Å². The first-order valence-electron chi connectivity index (χ1n) is 10.9. The third-order valence-electron chi connectivity index (χ3n) is 5.32. The molecule has 1 N–H and O–H groups in total. The molecule has 0 fully saturated rings. The van der Waals surface area contributed by atoms with Gasteiger partial charge in [-0.05, 0) is 60.6 Å². The van der Waals surface area contributed by atoms with Gasteiger partial charge in [-0.2, -0.15) is 0 Å². The Morgan fingerprint density at radius 1 is 1.09 bits per heavy atom. The third-order valence-corrected chi connectivity index (χ3v) is 6.49. The molecule has 0 aliphatic heterocycles. The van der Waals surface area contributed by atoms with Crippen LogP contribution in [-0.4, -0.2) is 39.8 Å². The molecule has 7 heteroatoms. The molecule has 0 saturated heterocycles. The van der Waals surface area contributed by atoms with Crippen LogP contribution in [0, 0.1) is 13.8 Å². The van der Waals surface area contributed by atoms with Crippen LogP contribution in [0.15, 0.2) is 42.5 Å². The number of nitrogens with one attached hydrogen (secondary N) is 1. The first kappa shape index (κ1) is 25.7. The van der Waals surface area contributed by atoms with Crippen molar-refractivity contribution in [3.8, 4) is 5.75 Å². The average Bonchev–Trinajstić information content (AvgIpc) is 2.70. The van der Waals surface area contributed by atoms with Gasteiger partial charge in [0.05, 0.1) is 18.5 Å². The van der Waals surface area contributed by atoms with E-state index in [-0.39, 0.29) is 17.9 Å². The molecule has 1 atom stereocenters. The number of hydrogen-bond acceptors (Lipinski definition) is 4. The first-order valence-corrected chi connectivity index (χ1v) is 12.8. The number of nitrogens with zero attached hydrogens (tertiary/aromatic N) is 1. The maximum absolute atomic E-state index is 12.9. The molecule has 0 spiro atoms. The van der Waals surface area contributed by atoms with Crippen molar-refractivity contribution in [3.05, 3.63) is 59.2 Å². The maximum atomic E-state index is 12.9. The summed E-state index contributed by atoms with van der Waals surface area (Å²) >= 11 is 0. The van der Waals surface area contributed by atoms with Gasteiger partial charge in [-0.3, -0.25) is 9.10 Å². The predicted octanol–water partition coefficient (Wildman–Crippen LogP) is 4.34. The van der Waals surface area contributed by atoms with Crippen molar-refractivity contribution in [1.82, 2.24) is 5.32 Å². The number of anilines is 1. The van der Waals surface area contributed by atoms with E-state index in [2.05, 4.69) is 26.1 Å². The number of aryl methyl sites for hydroxylation is 2. The van der Waals surface area contributed by atoms with E-state index in [4.69, 9.17) is 4.74 Å². The zero-order valence-corrected chi connectivity index (χ0v) is 21.0. The van der Waals surface area contributed by atoms with Crippen molar-refractivity contribution in [2.24, 2.45) is 0 Å². The largest absolute Gasteiger partial charge is 0.492 e. The number of amides is 1. The van der Waals surface area contributed by atoms with Crippen LogP contribution in [0.2, 0.25) is 0 Å². The molecule has 6 nitrogen and oxygen atoms in total. The van der Waals surface area contributed by atoms with Crippen molar-refractivity contribution < 1.29 is 17.9 Å². The lowest BCUT2D eigenvalue weighted by Crippen LogP contribution is -2.50. The van der Waals surface area contributed by atoms with Crippen molar-refractivity contribution >= 4 is 21.6 Å². The van der Waals surface area contributed by atoms with Gasteiger partial charge < -0.3 is 10.1 Å². The second-order valence-electron chi connectivity index (χ2n) is 9.19. The number of carbonyl (C=O) groups excluding carboxylic acids is 1. The zero-order chi connectivity index (χ0) is 24.1. The summed E-state index contributed by atoms with van der Waals surface area (Å²) < 4.78 is 32.2. The summed E-state index contributed by atoms with van der Waals surface area (Å²) in [6.07, 6.45) is 1.48. The Kier molecular flexibility index (Phi) is 8.35. The van der Waals surface area contributed by atoms with Crippen LogP contribution >= 0.6 is 0 Å². The van der Waals surface area contributed by atoms with Crippen LogP contribution in [0.25, 0.3) is 0 Å². The maximum Gasteiger partial charge on any atom is 0.244 e. The monoisotopic (exact) mass is 460 g/mol. The lowest BCUT2D eigenvalue weighted by Gasteiger charge is -2.31. The fourth-order valence-corrected chi connectivity index (χ4v) is 4.77. The molecule has 0 bridgehead atoms. The quantitative estimate of drug-likeness (QED) is 0.565. The second-order valence-corrected chi connectivity index (χ2v) is 11.0. The lowest BCUT2D eigenvalue weighted by atomic mass is 9.87. The number of carbonyl (C=O) groups is 1. The molecule has 0 radical (unpaired) electrons. The van der Waals surface area contributed by atoms with Gasteiger partial charge in [0.15, 0.2) is 0 Å². The fraction of sp³-hybridized carbons (Fsp3) is 0.480. The number of rotatable bonds is 9. The highest BCUT2D eigenvalue weighted by Gasteiger charge is 2.32. The minimum absolute atomic E-state index is 0.0722. The predicted molar refractivity (Wildman–Crippen MR) is 131 cm³/mol. The van der Waals surface area contributed by atoms with E-state index in [0.29, 0.717) is 18.7 Å². The van der Waals surface area contributed by atoms with Crippen molar-refractivity contribution in [2.75, 3.05) is 23.7 Å². The smallest absolute Gasteiger partial charge is 0.244 e. The lowest BCUT2D eigenvalue weighted by molar-refractivity contribution is -0.122. The normalized spacial score (nSPS) is 12.8. The highest BCUT2D eigenvalue weighted by molar-refractivity contribution is 7.92. The molecule has 176 valence electrons. The second kappa shape index (κ2) is 10.4. The molecule has 0 saturated carbocycles. The molecule has 1 unspecified atom stereocenters. The summed E-state index contributed by atoms with van der Waals surface area (Å²) in [5, 5.41) is 2.83. The van der Waals surface area contributed by atoms with Crippen LogP contribution in [0.3, 0.4) is 0 Å². The SMILES string of the molecule is CCC(C(=O)NCCOc1ccc(C(C)(C)C)cc1)N(c1cc(C)ccc1C)S(C)(=O)=O. The standard InChI is InChI=1S/C25H36N2O4S/c1-8-22(27(32(7,29)30)23-17-18(2)9-10-19(23)3)24(28)26-15-16-31-21-13-11-20(12-14-21)25(4,5)6/h9-14,17,22H,8,15-16H2,1-7H3,(H,26,28). The van der Waals surface area contributed by atoms with E-state index in [9.17, 15) is 13.2 Å². The van der Waals surface area contributed by atoms with Crippen molar-refractivity contribution in [3.63, 3.8) is 0 Å². The summed E-state index contributed by atoms with van der Waals surface area (Å²) in [7, 11) is -3.66. The van der Waals surface area contributed by atoms with E-state index >= 15 is 0 Å². The highest BCUT2D eigenvalue weighted by Crippen LogP contribution is 2.27. The van der Waals surface area contributed by atoms with Crippen LogP contribution in [0.1, 0.15) is 50.8 Å². The summed E-state index contributed by atoms with van der Waals surface area (Å²) in [6, 6.07) is 12.7. The molecule has 2 aromatic rings. The zero-order valence-electron chi connectivity index (χ0n) is 20.2. The molecule has 0 aliphatic carbocycles. The number of hydrogen-bond donors (Lipinski definition) is 1. The van der Waals surface area contributed by atoms with E-state index in [1.54, 1.807) is 13.0 Å². The Hall–Kier alpha value is -2.54. The summed E-state index contributed by atoms with van der Waals surface area (Å²) in [5.41, 5.74) is 3.55. The molecular weight excluding hydrogens is 424 g/mol. The van der Waals surface area contributed by atoms with Gasteiger partial charge in [-0.1, -0.05) is 52.0 Å². The van der Waals surface area contributed by atoms with Crippen LogP contribution in [0.4, 0.5) is 5.69 Å². The van der Waals surface area contributed by atoms with Gasteiger partial charge in [0, 0.05) is 0 Å². The Balaban J connectivity index is 2.05. The topological polar surface area (TPSA) is 75.7 Å². The molecule has 1 amide bonds. The van der Waals surface area contributed by atoms with Gasteiger partial charge >= 0.3 is 0 Å². The average molecular weight is 461 g/mol. The molecular formula is C25H36N2O4S. The molecule has 0 heterocycles. The molecule has 0 aliphatic rings. The van der Waals surface area contributed by atoms with Crippen LogP contribution in [-0.2, 0) is 20.2 Å². The van der Waals surface area contributed by atoms with Crippen molar-refractivity contribution in [2.45, 2.75) is 59.4 Å². The Bertz CT molecular complexity index is 1020. The van der Waals surface area contributed by atoms with Gasteiger partial charge in [0.1, 0.15) is 18.4 Å². The Labute approximate surface area is 193 Å². The summed E-state index contributed by atoms with van der Waals surface area (Å²) in [6.45, 7) is 12.6. The van der Waals surface area contributed by atoms with E-state index in [0.717, 1.165) is 23.1 Å². The van der Waals surface area contributed by atoms with Gasteiger partial charge in [-0.25, -0.2) is 8.42 Å². The highest BCUT2D eigenvalue weighted by atomic mass is 32.2. The number of ether oxygens (including phenoxy) is 1. The van der Waals surface area contributed by atoms with E-state index in [1.165, 1.54) is 9.87 Å². The summed E-state index contributed by atoms with van der Waals surface area (Å²) in [5.74, 6) is 0.387. The minimum Gasteiger partial charge on any atom is -0.492 e. The summed E-state index contributed by atoms with van der Waals surface area (Å²) in [4.78, 5) is 12.9. The third kappa shape index (κ3) is 6.73. The first-order chi connectivity index (χ1) is 14.8. The Morgan fingerprint density at radius 3 is 2.25 bits per heavy atom. The van der Waals surface area contributed by atoms with Crippen LogP contribution in [0.5, 0.6) is 5.75 Å².